The van der Waals surface area contributed by atoms with Gasteiger partial charge >= 0.3 is 12.2 Å². The van der Waals surface area contributed by atoms with Gasteiger partial charge in [0, 0.05) is 50.3 Å². The number of methoxy groups -OCH3 is 1. The topological polar surface area (TPSA) is 122 Å². The van der Waals surface area contributed by atoms with Gasteiger partial charge in [0.25, 0.3) is 5.78 Å². The number of urea groups is 1. The molecule has 0 saturated heterocycles. The number of halogens is 3. The summed E-state index contributed by atoms with van der Waals surface area (Å²) in [7, 11) is 1.57. The van der Waals surface area contributed by atoms with Crippen LogP contribution in [0.5, 0.6) is 0 Å². The first kappa shape index (κ1) is 23.4. The molecule has 2 aromatic rings. The molecule has 9 nitrogen and oxygen atoms in total. The molecule has 172 valence electrons. The zero-order valence-corrected chi connectivity index (χ0v) is 17.3. The number of pyridine rings is 2. The summed E-state index contributed by atoms with van der Waals surface area (Å²) in [4.78, 5) is 33.7. The van der Waals surface area contributed by atoms with Gasteiger partial charge in [0.05, 0.1) is 6.61 Å². The first-order valence-corrected chi connectivity index (χ1v) is 9.86. The van der Waals surface area contributed by atoms with Crippen LogP contribution < -0.4 is 21.3 Å². The highest BCUT2D eigenvalue weighted by Gasteiger charge is 2.41. The molecule has 0 radical (unpaired) electrons. The van der Waals surface area contributed by atoms with Gasteiger partial charge in [0.2, 0.25) is 0 Å². The molecule has 12 heteroatoms. The van der Waals surface area contributed by atoms with Crippen molar-refractivity contribution in [3.05, 3.63) is 41.2 Å². The minimum atomic E-state index is -5.05. The van der Waals surface area contributed by atoms with E-state index in [1.54, 1.807) is 13.2 Å². The summed E-state index contributed by atoms with van der Waals surface area (Å²) in [6.07, 6.45) is -2.40. The van der Waals surface area contributed by atoms with Crippen molar-refractivity contribution in [3.63, 3.8) is 0 Å². The van der Waals surface area contributed by atoms with Crippen molar-refractivity contribution in [2.75, 3.05) is 42.3 Å². The SMILES string of the molecule is COCCNc1cc(NC(=O)N2CCCc3ccc(C(=O)C(F)(F)F)nc32)ncc1CN. The van der Waals surface area contributed by atoms with Gasteiger partial charge in [-0.3, -0.25) is 15.0 Å². The molecular weight excluding hydrogens is 429 g/mol. The monoisotopic (exact) mass is 452 g/mol. The van der Waals surface area contributed by atoms with E-state index in [1.165, 1.54) is 17.2 Å². The number of amides is 2. The van der Waals surface area contributed by atoms with Crippen LogP contribution in [0, 0.1) is 0 Å². The van der Waals surface area contributed by atoms with Crippen molar-refractivity contribution in [1.82, 2.24) is 9.97 Å². The Morgan fingerprint density at radius 3 is 2.78 bits per heavy atom. The van der Waals surface area contributed by atoms with Crippen molar-refractivity contribution in [1.29, 1.82) is 0 Å². The van der Waals surface area contributed by atoms with E-state index in [-0.39, 0.29) is 24.7 Å². The van der Waals surface area contributed by atoms with Crippen LogP contribution in [0.1, 0.15) is 28.0 Å². The first-order valence-electron chi connectivity index (χ1n) is 9.86. The molecule has 0 spiro atoms. The maximum Gasteiger partial charge on any atom is 0.456 e. The van der Waals surface area contributed by atoms with Crippen LogP contribution in [-0.2, 0) is 17.7 Å². The number of alkyl halides is 3. The second kappa shape index (κ2) is 9.92. The fraction of sp³-hybridized carbons (Fsp3) is 0.400. The van der Waals surface area contributed by atoms with Crippen LogP contribution >= 0.6 is 0 Å². The lowest BCUT2D eigenvalue weighted by atomic mass is 10.0. The molecule has 2 aromatic heterocycles. The molecule has 0 aliphatic carbocycles. The Bertz CT molecular complexity index is 999. The Morgan fingerprint density at radius 2 is 2.09 bits per heavy atom. The number of Topliss-reactive ketones (excluding diaryl/α,β-unsaturated/α-hetero) is 1. The number of ether oxygens (including phenoxy) is 1. The van der Waals surface area contributed by atoms with Crippen LogP contribution in [0.3, 0.4) is 0 Å². The Morgan fingerprint density at radius 1 is 1.31 bits per heavy atom. The molecule has 1 aliphatic heterocycles. The summed E-state index contributed by atoms with van der Waals surface area (Å²) in [5, 5.41) is 5.77. The van der Waals surface area contributed by atoms with E-state index < -0.39 is 23.7 Å². The molecule has 4 N–H and O–H groups in total. The van der Waals surface area contributed by atoms with Crippen molar-refractivity contribution >= 4 is 29.1 Å². The Balaban J connectivity index is 1.82. The zero-order valence-electron chi connectivity index (χ0n) is 17.3. The lowest BCUT2D eigenvalue weighted by Gasteiger charge is -2.28. The molecule has 0 unspecified atom stereocenters. The molecule has 3 rings (SSSR count). The third-order valence-electron chi connectivity index (χ3n) is 4.84. The van der Waals surface area contributed by atoms with Crippen molar-refractivity contribution in [3.8, 4) is 0 Å². The number of carbonyl (C=O) groups excluding carboxylic acids is 2. The molecule has 0 bridgehead atoms. The second-order valence-electron chi connectivity index (χ2n) is 7.04. The Hall–Kier alpha value is -3.25. The van der Waals surface area contributed by atoms with Gasteiger partial charge in [-0.15, -0.1) is 0 Å². The van der Waals surface area contributed by atoms with E-state index >= 15 is 0 Å². The quantitative estimate of drug-likeness (QED) is 0.436. The van der Waals surface area contributed by atoms with Gasteiger partial charge < -0.3 is 15.8 Å². The maximum absolute atomic E-state index is 12.9. The number of nitrogens with zero attached hydrogens (tertiary/aromatic N) is 3. The summed E-state index contributed by atoms with van der Waals surface area (Å²) in [6, 6.07) is 3.41. The predicted octanol–water partition coefficient (Wildman–Crippen LogP) is 2.72. The largest absolute Gasteiger partial charge is 0.456 e. The summed E-state index contributed by atoms with van der Waals surface area (Å²) < 4.78 is 43.4. The minimum absolute atomic E-state index is 0.0286. The van der Waals surface area contributed by atoms with Gasteiger partial charge in [0.15, 0.2) is 0 Å². The number of anilines is 3. The van der Waals surface area contributed by atoms with Crippen LogP contribution in [-0.4, -0.2) is 54.8 Å². The lowest BCUT2D eigenvalue weighted by Crippen LogP contribution is -2.40. The third kappa shape index (κ3) is 5.32. The highest BCUT2D eigenvalue weighted by molar-refractivity contribution is 6.03. The molecule has 32 heavy (non-hydrogen) atoms. The van der Waals surface area contributed by atoms with Gasteiger partial charge in [-0.25, -0.2) is 14.8 Å². The van der Waals surface area contributed by atoms with Crippen LogP contribution in [0.15, 0.2) is 24.4 Å². The molecule has 0 atom stereocenters. The number of fused-ring (bicyclic) bond motifs is 1. The minimum Gasteiger partial charge on any atom is -0.383 e. The Kier molecular flexibility index (Phi) is 7.26. The fourth-order valence-electron chi connectivity index (χ4n) is 3.25. The molecule has 0 aromatic carbocycles. The molecule has 2 amide bonds. The second-order valence-corrected chi connectivity index (χ2v) is 7.04. The number of rotatable bonds is 7. The normalized spacial score (nSPS) is 13.5. The first-order chi connectivity index (χ1) is 15.2. The summed E-state index contributed by atoms with van der Waals surface area (Å²) in [5.41, 5.74) is 6.95. The van der Waals surface area contributed by atoms with E-state index in [4.69, 9.17) is 10.5 Å². The lowest BCUT2D eigenvalue weighted by molar-refractivity contribution is -0.0888. The molecule has 0 fully saturated rings. The van der Waals surface area contributed by atoms with Gasteiger partial charge in [-0.1, -0.05) is 6.07 Å². The van der Waals surface area contributed by atoms with E-state index in [1.807, 2.05) is 0 Å². The number of nitrogens with one attached hydrogen (secondary N) is 2. The van der Waals surface area contributed by atoms with Gasteiger partial charge in [-0.2, -0.15) is 13.2 Å². The zero-order chi connectivity index (χ0) is 23.3. The number of nitrogens with two attached hydrogens (primary N) is 1. The van der Waals surface area contributed by atoms with E-state index in [0.717, 1.165) is 11.6 Å². The molecular formula is C20H23F3N6O3. The summed E-state index contributed by atoms with van der Waals surface area (Å²) >= 11 is 0. The average molecular weight is 452 g/mol. The number of hydrogen-bond donors (Lipinski definition) is 3. The van der Waals surface area contributed by atoms with E-state index in [2.05, 4.69) is 20.6 Å². The van der Waals surface area contributed by atoms with Crippen molar-refractivity contribution < 1.29 is 27.5 Å². The smallest absolute Gasteiger partial charge is 0.383 e. The number of carbonyl (C=O) groups is 2. The summed E-state index contributed by atoms with van der Waals surface area (Å²) in [5.74, 6) is -1.81. The highest BCUT2D eigenvalue weighted by Crippen LogP contribution is 2.29. The Labute approximate surface area is 182 Å². The van der Waals surface area contributed by atoms with Crippen LogP contribution in [0.4, 0.5) is 35.3 Å². The third-order valence-corrected chi connectivity index (χ3v) is 4.84. The standard InChI is InChI=1S/C20H23F3N6O3/c1-32-8-6-25-15-9-16(26-11-13(15)10-24)28-19(31)29-7-2-3-12-4-5-14(27-18(12)29)17(30)20(21,22)23/h4-5,9,11H,2-3,6-8,10,24H2,1H3,(H2,25,26,28,31). The van der Waals surface area contributed by atoms with Crippen molar-refractivity contribution in [2.24, 2.45) is 5.73 Å². The van der Waals surface area contributed by atoms with Crippen LogP contribution in [0.25, 0.3) is 0 Å². The number of aryl methyl sites for hydroxylation is 1. The highest BCUT2D eigenvalue weighted by atomic mass is 19.4. The molecule has 3 heterocycles. The van der Waals surface area contributed by atoms with E-state index in [9.17, 15) is 22.8 Å². The van der Waals surface area contributed by atoms with Crippen LogP contribution in [0.2, 0.25) is 0 Å². The van der Waals surface area contributed by atoms with E-state index in [0.29, 0.717) is 37.2 Å². The summed E-state index contributed by atoms with van der Waals surface area (Å²) in [6.45, 7) is 1.44. The van der Waals surface area contributed by atoms with Crippen molar-refractivity contribution in [2.45, 2.75) is 25.6 Å². The molecule has 1 aliphatic rings. The number of hydrogen-bond acceptors (Lipinski definition) is 7. The van der Waals surface area contributed by atoms with Gasteiger partial charge in [0.1, 0.15) is 17.3 Å². The molecule has 0 saturated carbocycles. The number of aromatic nitrogens is 2. The number of ketones is 1. The fourth-order valence-corrected chi connectivity index (χ4v) is 3.25. The predicted molar refractivity (Wildman–Crippen MR) is 112 cm³/mol. The van der Waals surface area contributed by atoms with Gasteiger partial charge in [-0.05, 0) is 24.5 Å². The maximum atomic E-state index is 12.9. The average Bonchev–Trinajstić information content (AvgIpc) is 2.77.